The zero-order valence-corrected chi connectivity index (χ0v) is 19.1. The summed E-state index contributed by atoms with van der Waals surface area (Å²) < 4.78 is 11.6. The van der Waals surface area contributed by atoms with Crippen molar-refractivity contribution in [1.29, 1.82) is 0 Å². The summed E-state index contributed by atoms with van der Waals surface area (Å²) in [5, 5.41) is 20.2. The van der Waals surface area contributed by atoms with Crippen LogP contribution in [0.5, 0.6) is 5.75 Å². The fourth-order valence-corrected chi connectivity index (χ4v) is 5.02. The van der Waals surface area contributed by atoms with Crippen molar-refractivity contribution in [3.8, 4) is 5.75 Å². The minimum absolute atomic E-state index is 0.00549. The third-order valence-corrected chi connectivity index (χ3v) is 7.06. The lowest BCUT2D eigenvalue weighted by atomic mass is 9.97. The van der Waals surface area contributed by atoms with Crippen LogP contribution in [0.3, 0.4) is 0 Å². The van der Waals surface area contributed by atoms with Crippen LogP contribution in [0.2, 0.25) is 0 Å². The number of rotatable bonds is 6. The fourth-order valence-electron chi connectivity index (χ4n) is 5.02. The van der Waals surface area contributed by atoms with E-state index >= 15 is 0 Å². The quantitative estimate of drug-likeness (QED) is 0.675. The van der Waals surface area contributed by atoms with Gasteiger partial charge in [-0.05, 0) is 44.2 Å². The number of hydrogen-bond donors (Lipinski definition) is 2. The molecule has 3 fully saturated rings. The lowest BCUT2D eigenvalue weighted by Crippen LogP contribution is -2.56. The van der Waals surface area contributed by atoms with Crippen molar-refractivity contribution in [2.24, 2.45) is 0 Å². The average Bonchev–Trinajstić information content (AvgIpc) is 2.84. The number of ether oxygens (including phenoxy) is 2. The third kappa shape index (κ3) is 5.54. The van der Waals surface area contributed by atoms with Gasteiger partial charge in [-0.3, -0.25) is 4.79 Å². The van der Waals surface area contributed by atoms with Gasteiger partial charge in [0, 0.05) is 45.8 Å². The highest BCUT2D eigenvalue weighted by molar-refractivity contribution is 5.82. The van der Waals surface area contributed by atoms with E-state index in [9.17, 15) is 15.0 Å². The van der Waals surface area contributed by atoms with E-state index in [0.29, 0.717) is 19.5 Å². The molecular weight excluding hydrogens is 410 g/mol. The zero-order chi connectivity index (χ0) is 22.5. The molecular formula is C24H37N3O5. The van der Waals surface area contributed by atoms with Crippen LogP contribution in [0.15, 0.2) is 24.3 Å². The monoisotopic (exact) mass is 447 g/mol. The van der Waals surface area contributed by atoms with Crippen LogP contribution in [0.4, 0.5) is 5.69 Å². The number of amides is 1. The average molecular weight is 448 g/mol. The van der Waals surface area contributed by atoms with Gasteiger partial charge in [0.25, 0.3) is 5.91 Å². The van der Waals surface area contributed by atoms with Crippen molar-refractivity contribution >= 4 is 11.6 Å². The predicted molar refractivity (Wildman–Crippen MR) is 122 cm³/mol. The standard InChI is InChI=1S/C24H37N3O5/c1-31-22-5-3-2-4-20(22)26-14-16-27(17-15-26)24(30)23-21(29)7-6-19(32-23)10-13-25-11-8-18(28)9-12-25/h2-5,18-19,21,23,28-29H,6-17H2,1H3/t19-,21-,23+/m0/s1. The van der Waals surface area contributed by atoms with Crippen molar-refractivity contribution in [3.05, 3.63) is 24.3 Å². The molecule has 1 aromatic rings. The number of piperazine rings is 1. The first-order valence-electron chi connectivity index (χ1n) is 12.0. The first-order valence-corrected chi connectivity index (χ1v) is 12.0. The summed E-state index contributed by atoms with van der Waals surface area (Å²) in [5.41, 5.74) is 1.04. The number of carbonyl (C=O) groups is 1. The third-order valence-electron chi connectivity index (χ3n) is 7.06. The second-order valence-corrected chi connectivity index (χ2v) is 9.17. The molecule has 0 radical (unpaired) electrons. The highest BCUT2D eigenvalue weighted by atomic mass is 16.5. The normalized spacial score (nSPS) is 28.0. The molecule has 4 rings (SSSR count). The molecule has 0 aromatic heterocycles. The molecule has 32 heavy (non-hydrogen) atoms. The number of benzene rings is 1. The number of piperidine rings is 1. The van der Waals surface area contributed by atoms with Gasteiger partial charge in [0.15, 0.2) is 6.10 Å². The molecule has 8 heteroatoms. The molecule has 0 bridgehead atoms. The van der Waals surface area contributed by atoms with E-state index in [2.05, 4.69) is 9.80 Å². The van der Waals surface area contributed by atoms with Crippen LogP contribution in [0.1, 0.15) is 32.1 Å². The molecule has 3 aliphatic heterocycles. The lowest BCUT2D eigenvalue weighted by molar-refractivity contribution is -0.168. The van der Waals surface area contributed by atoms with Crippen molar-refractivity contribution < 1.29 is 24.5 Å². The summed E-state index contributed by atoms with van der Waals surface area (Å²) in [6, 6.07) is 7.94. The second-order valence-electron chi connectivity index (χ2n) is 9.17. The topological polar surface area (TPSA) is 85.7 Å². The molecule has 3 aliphatic rings. The summed E-state index contributed by atoms with van der Waals surface area (Å²) in [7, 11) is 1.67. The van der Waals surface area contributed by atoms with E-state index in [0.717, 1.165) is 69.8 Å². The Kier molecular flexibility index (Phi) is 7.88. The van der Waals surface area contributed by atoms with Gasteiger partial charge in [0.2, 0.25) is 0 Å². The minimum atomic E-state index is -0.769. The number of aliphatic hydroxyl groups excluding tert-OH is 2. The van der Waals surface area contributed by atoms with Crippen molar-refractivity contribution in [2.75, 3.05) is 57.8 Å². The van der Waals surface area contributed by atoms with Crippen LogP contribution in [0.25, 0.3) is 0 Å². The summed E-state index contributed by atoms with van der Waals surface area (Å²) in [6.45, 7) is 5.38. The number of para-hydroxylation sites is 2. The van der Waals surface area contributed by atoms with Crippen LogP contribution in [-0.2, 0) is 9.53 Å². The van der Waals surface area contributed by atoms with Crippen molar-refractivity contribution in [1.82, 2.24) is 9.80 Å². The highest BCUT2D eigenvalue weighted by Crippen LogP contribution is 2.29. The number of carbonyl (C=O) groups excluding carboxylic acids is 1. The molecule has 178 valence electrons. The number of methoxy groups -OCH3 is 1. The minimum Gasteiger partial charge on any atom is -0.495 e. The van der Waals surface area contributed by atoms with Crippen LogP contribution >= 0.6 is 0 Å². The smallest absolute Gasteiger partial charge is 0.254 e. The van der Waals surface area contributed by atoms with Gasteiger partial charge < -0.3 is 34.4 Å². The Morgan fingerprint density at radius 2 is 1.75 bits per heavy atom. The Bertz CT molecular complexity index is 747. The number of anilines is 1. The molecule has 8 nitrogen and oxygen atoms in total. The van der Waals surface area contributed by atoms with Crippen molar-refractivity contribution in [2.45, 2.75) is 56.5 Å². The summed E-state index contributed by atoms with van der Waals surface area (Å²) in [5.74, 6) is 0.743. The van der Waals surface area contributed by atoms with Gasteiger partial charge >= 0.3 is 0 Å². The highest BCUT2D eigenvalue weighted by Gasteiger charge is 2.38. The van der Waals surface area contributed by atoms with Gasteiger partial charge in [0.05, 0.1) is 31.1 Å². The van der Waals surface area contributed by atoms with Gasteiger partial charge in [-0.2, -0.15) is 0 Å². The molecule has 3 heterocycles. The summed E-state index contributed by atoms with van der Waals surface area (Å²) in [4.78, 5) is 19.6. The molecule has 2 N–H and O–H groups in total. The molecule has 3 saturated heterocycles. The largest absolute Gasteiger partial charge is 0.495 e. The number of aliphatic hydroxyl groups is 2. The lowest BCUT2D eigenvalue weighted by Gasteiger charge is -2.40. The van der Waals surface area contributed by atoms with Crippen LogP contribution < -0.4 is 9.64 Å². The Morgan fingerprint density at radius 3 is 2.47 bits per heavy atom. The Balaban J connectivity index is 1.27. The molecule has 0 unspecified atom stereocenters. The SMILES string of the molecule is COc1ccccc1N1CCN(C(=O)[C@@H]2O[C@H](CCN3CCC(O)CC3)CC[C@@H]2O)CC1. The van der Waals surface area contributed by atoms with Gasteiger partial charge in [-0.1, -0.05) is 12.1 Å². The number of nitrogens with zero attached hydrogens (tertiary/aromatic N) is 3. The van der Waals surface area contributed by atoms with Crippen LogP contribution in [-0.4, -0.2) is 103 Å². The molecule has 1 amide bonds. The maximum Gasteiger partial charge on any atom is 0.254 e. The fraction of sp³-hybridized carbons (Fsp3) is 0.708. The second kappa shape index (κ2) is 10.8. The number of hydrogen-bond acceptors (Lipinski definition) is 7. The molecule has 0 spiro atoms. The van der Waals surface area contributed by atoms with E-state index in [4.69, 9.17) is 9.47 Å². The van der Waals surface area contributed by atoms with E-state index in [1.54, 1.807) is 7.11 Å². The summed E-state index contributed by atoms with van der Waals surface area (Å²) >= 11 is 0. The molecule has 1 aromatic carbocycles. The van der Waals surface area contributed by atoms with E-state index in [1.165, 1.54) is 0 Å². The van der Waals surface area contributed by atoms with Gasteiger partial charge in [-0.25, -0.2) is 0 Å². The van der Waals surface area contributed by atoms with E-state index in [1.807, 2.05) is 29.2 Å². The van der Waals surface area contributed by atoms with Crippen molar-refractivity contribution in [3.63, 3.8) is 0 Å². The molecule has 0 saturated carbocycles. The van der Waals surface area contributed by atoms with E-state index < -0.39 is 12.2 Å². The van der Waals surface area contributed by atoms with Gasteiger partial charge in [-0.15, -0.1) is 0 Å². The van der Waals surface area contributed by atoms with E-state index in [-0.39, 0.29) is 18.1 Å². The molecule has 0 aliphatic carbocycles. The molecule has 3 atom stereocenters. The first kappa shape index (κ1) is 23.3. The Hall–Kier alpha value is -1.87. The van der Waals surface area contributed by atoms with Gasteiger partial charge in [0.1, 0.15) is 5.75 Å². The van der Waals surface area contributed by atoms with Crippen LogP contribution in [0, 0.1) is 0 Å². The number of likely N-dealkylation sites (tertiary alicyclic amines) is 1. The maximum absolute atomic E-state index is 13.2. The Morgan fingerprint density at radius 1 is 1.03 bits per heavy atom. The maximum atomic E-state index is 13.2. The zero-order valence-electron chi connectivity index (χ0n) is 19.1. The Labute approximate surface area is 190 Å². The first-order chi connectivity index (χ1) is 15.5. The summed E-state index contributed by atoms with van der Waals surface area (Å²) in [6.07, 6.45) is 2.20. The predicted octanol–water partition coefficient (Wildman–Crippen LogP) is 1.10.